The van der Waals surface area contributed by atoms with Gasteiger partial charge < -0.3 is 9.67 Å². The number of aromatic nitrogens is 2. The van der Waals surface area contributed by atoms with Crippen LogP contribution in [0.5, 0.6) is 0 Å². The molecule has 1 aromatic carbocycles. The van der Waals surface area contributed by atoms with Gasteiger partial charge in [0.15, 0.2) is 0 Å². The predicted molar refractivity (Wildman–Crippen MR) is 108 cm³/mol. The van der Waals surface area contributed by atoms with Crippen LogP contribution >= 0.6 is 23.4 Å². The standard InChI is InChI=1S/C21H22ClFN2OS/c1-13(2)20-17(12-26)14(3)25(11-15-6-8-24-9-7-15)21(20)27-19-5-4-16(23)10-18(19)22/h4-10,13,26H,11-12H2,1-3H3. The van der Waals surface area contributed by atoms with Gasteiger partial charge >= 0.3 is 0 Å². The Morgan fingerprint density at radius 3 is 2.52 bits per heavy atom. The van der Waals surface area contributed by atoms with Crippen molar-refractivity contribution in [2.45, 2.75) is 49.8 Å². The number of benzene rings is 1. The van der Waals surface area contributed by atoms with Gasteiger partial charge in [0.1, 0.15) is 5.82 Å². The lowest BCUT2D eigenvalue weighted by Gasteiger charge is -2.15. The van der Waals surface area contributed by atoms with E-state index >= 15 is 0 Å². The van der Waals surface area contributed by atoms with Crippen LogP contribution in [0.1, 0.15) is 42.1 Å². The SMILES string of the molecule is Cc1c(CO)c(C(C)C)c(Sc2ccc(F)cc2Cl)n1Cc1ccncc1. The molecular formula is C21H22ClFN2OS. The maximum absolute atomic E-state index is 13.4. The Morgan fingerprint density at radius 1 is 1.22 bits per heavy atom. The highest BCUT2D eigenvalue weighted by Gasteiger charge is 2.23. The molecule has 0 amide bonds. The second-order valence-electron chi connectivity index (χ2n) is 6.71. The molecule has 3 aromatic rings. The van der Waals surface area contributed by atoms with Gasteiger partial charge in [-0.15, -0.1) is 0 Å². The van der Waals surface area contributed by atoms with Crippen LogP contribution < -0.4 is 0 Å². The van der Waals surface area contributed by atoms with Crippen molar-refractivity contribution >= 4 is 23.4 Å². The summed E-state index contributed by atoms with van der Waals surface area (Å²) in [5.41, 5.74) is 4.20. The smallest absolute Gasteiger partial charge is 0.124 e. The molecule has 0 saturated carbocycles. The molecular weight excluding hydrogens is 383 g/mol. The van der Waals surface area contributed by atoms with Crippen LogP contribution in [0.4, 0.5) is 4.39 Å². The average molecular weight is 405 g/mol. The lowest BCUT2D eigenvalue weighted by molar-refractivity contribution is 0.279. The minimum Gasteiger partial charge on any atom is -0.392 e. The second kappa shape index (κ2) is 8.46. The van der Waals surface area contributed by atoms with E-state index < -0.39 is 0 Å². The Kier molecular flexibility index (Phi) is 6.25. The number of aliphatic hydroxyl groups is 1. The molecule has 0 radical (unpaired) electrons. The van der Waals surface area contributed by atoms with E-state index in [1.54, 1.807) is 18.5 Å². The third kappa shape index (κ3) is 4.21. The van der Waals surface area contributed by atoms with Gasteiger partial charge in [-0.1, -0.05) is 37.2 Å². The van der Waals surface area contributed by atoms with E-state index in [9.17, 15) is 9.50 Å². The number of rotatable bonds is 6. The summed E-state index contributed by atoms with van der Waals surface area (Å²) in [4.78, 5) is 4.87. The summed E-state index contributed by atoms with van der Waals surface area (Å²) in [6, 6.07) is 8.40. The molecule has 2 heterocycles. The molecule has 0 saturated heterocycles. The lowest BCUT2D eigenvalue weighted by atomic mass is 10.0. The van der Waals surface area contributed by atoms with Crippen LogP contribution in [0, 0.1) is 12.7 Å². The van der Waals surface area contributed by atoms with Crippen molar-refractivity contribution in [3.63, 3.8) is 0 Å². The fourth-order valence-electron chi connectivity index (χ4n) is 3.21. The van der Waals surface area contributed by atoms with Crippen LogP contribution in [-0.2, 0) is 13.2 Å². The quantitative estimate of drug-likeness (QED) is 0.564. The molecule has 3 nitrogen and oxygen atoms in total. The van der Waals surface area contributed by atoms with E-state index in [1.807, 2.05) is 19.1 Å². The molecule has 0 aliphatic heterocycles. The van der Waals surface area contributed by atoms with E-state index in [4.69, 9.17) is 11.6 Å². The zero-order valence-corrected chi connectivity index (χ0v) is 17.1. The van der Waals surface area contributed by atoms with Gasteiger partial charge in [0, 0.05) is 35.1 Å². The van der Waals surface area contributed by atoms with Crippen LogP contribution in [0.15, 0.2) is 52.6 Å². The van der Waals surface area contributed by atoms with Crippen molar-refractivity contribution in [2.75, 3.05) is 0 Å². The Hall–Kier alpha value is -1.82. The monoisotopic (exact) mass is 404 g/mol. The number of halogens is 2. The van der Waals surface area contributed by atoms with Gasteiger partial charge in [0.05, 0.1) is 16.7 Å². The van der Waals surface area contributed by atoms with Gasteiger partial charge in [-0.05, 0) is 54.3 Å². The zero-order chi connectivity index (χ0) is 19.6. The summed E-state index contributed by atoms with van der Waals surface area (Å²) in [5, 5.41) is 11.4. The van der Waals surface area contributed by atoms with Gasteiger partial charge in [0.2, 0.25) is 0 Å². The minimum atomic E-state index is -0.354. The molecule has 0 atom stereocenters. The number of aliphatic hydroxyl groups excluding tert-OH is 1. The number of pyridine rings is 1. The fraction of sp³-hybridized carbons (Fsp3) is 0.286. The van der Waals surface area contributed by atoms with Crippen molar-refractivity contribution in [3.05, 3.63) is 75.9 Å². The Bertz CT molecular complexity index is 941. The van der Waals surface area contributed by atoms with Gasteiger partial charge in [0.25, 0.3) is 0 Å². The molecule has 142 valence electrons. The fourth-order valence-corrected chi connectivity index (χ4v) is 4.78. The highest BCUT2D eigenvalue weighted by molar-refractivity contribution is 7.99. The molecule has 6 heteroatoms. The lowest BCUT2D eigenvalue weighted by Crippen LogP contribution is -2.04. The van der Waals surface area contributed by atoms with E-state index in [0.717, 1.165) is 32.3 Å². The van der Waals surface area contributed by atoms with Crippen LogP contribution in [0.25, 0.3) is 0 Å². The molecule has 27 heavy (non-hydrogen) atoms. The van der Waals surface area contributed by atoms with Crippen LogP contribution in [-0.4, -0.2) is 14.7 Å². The summed E-state index contributed by atoms with van der Waals surface area (Å²) >= 11 is 7.79. The topological polar surface area (TPSA) is 38.0 Å². The first-order valence-corrected chi connectivity index (χ1v) is 9.96. The third-order valence-electron chi connectivity index (χ3n) is 4.57. The summed E-state index contributed by atoms with van der Waals surface area (Å²) in [6.07, 6.45) is 3.54. The Morgan fingerprint density at radius 2 is 1.93 bits per heavy atom. The minimum absolute atomic E-state index is 0.0204. The van der Waals surface area contributed by atoms with Gasteiger partial charge in [-0.25, -0.2) is 4.39 Å². The molecule has 0 aliphatic rings. The van der Waals surface area contributed by atoms with Crippen LogP contribution in [0.3, 0.4) is 0 Å². The highest BCUT2D eigenvalue weighted by Crippen LogP contribution is 2.42. The molecule has 0 unspecified atom stereocenters. The van der Waals surface area contributed by atoms with E-state index in [2.05, 4.69) is 23.4 Å². The van der Waals surface area contributed by atoms with Crippen molar-refractivity contribution in [3.8, 4) is 0 Å². The second-order valence-corrected chi connectivity index (χ2v) is 8.15. The molecule has 0 aliphatic carbocycles. The summed E-state index contributed by atoms with van der Waals surface area (Å²) in [6.45, 7) is 6.89. The Labute approximate surface area is 168 Å². The molecule has 2 aromatic heterocycles. The summed E-state index contributed by atoms with van der Waals surface area (Å²) in [7, 11) is 0. The van der Waals surface area contributed by atoms with Gasteiger partial charge in [-0.2, -0.15) is 0 Å². The first kappa shape index (κ1) is 19.9. The van der Waals surface area contributed by atoms with E-state index in [-0.39, 0.29) is 18.3 Å². The van der Waals surface area contributed by atoms with Crippen molar-refractivity contribution in [2.24, 2.45) is 0 Å². The molecule has 1 N–H and O–H groups in total. The van der Waals surface area contributed by atoms with Crippen LogP contribution in [0.2, 0.25) is 5.02 Å². The van der Waals surface area contributed by atoms with E-state index in [0.29, 0.717) is 11.6 Å². The average Bonchev–Trinajstić information content (AvgIpc) is 2.90. The maximum atomic E-state index is 13.4. The summed E-state index contributed by atoms with van der Waals surface area (Å²) in [5.74, 6) is -0.126. The first-order valence-electron chi connectivity index (χ1n) is 8.76. The maximum Gasteiger partial charge on any atom is 0.124 e. The van der Waals surface area contributed by atoms with Crippen molar-refractivity contribution in [1.29, 1.82) is 0 Å². The van der Waals surface area contributed by atoms with Gasteiger partial charge in [-0.3, -0.25) is 4.98 Å². The summed E-state index contributed by atoms with van der Waals surface area (Å²) < 4.78 is 15.6. The number of nitrogens with zero attached hydrogens (tertiary/aromatic N) is 2. The van der Waals surface area contributed by atoms with E-state index in [1.165, 1.54) is 23.9 Å². The molecule has 0 bridgehead atoms. The first-order chi connectivity index (χ1) is 12.9. The normalized spacial score (nSPS) is 11.4. The third-order valence-corrected chi connectivity index (χ3v) is 6.20. The zero-order valence-electron chi connectivity index (χ0n) is 15.5. The highest BCUT2D eigenvalue weighted by atomic mass is 35.5. The number of hydrogen-bond donors (Lipinski definition) is 1. The largest absolute Gasteiger partial charge is 0.392 e. The molecule has 0 fully saturated rings. The van der Waals surface area contributed by atoms with Crippen molar-refractivity contribution in [1.82, 2.24) is 9.55 Å². The number of hydrogen-bond acceptors (Lipinski definition) is 3. The predicted octanol–water partition coefficient (Wildman–Crippen LogP) is 5.80. The molecule has 3 rings (SSSR count). The Balaban J connectivity index is 2.13. The van der Waals surface area contributed by atoms with Crippen molar-refractivity contribution < 1.29 is 9.50 Å². The molecule has 0 spiro atoms.